The van der Waals surface area contributed by atoms with Gasteiger partial charge in [-0.1, -0.05) is 0 Å². The number of amides is 1. The number of aliphatic carboxylic acids is 1. The molecule has 1 amide bonds. The van der Waals surface area contributed by atoms with Crippen LogP contribution in [0, 0.1) is 11.7 Å². The summed E-state index contributed by atoms with van der Waals surface area (Å²) >= 11 is 0. The van der Waals surface area contributed by atoms with Gasteiger partial charge in [0.05, 0.1) is 17.7 Å². The number of carbonyl (C=O) groups is 2. The van der Waals surface area contributed by atoms with Crippen molar-refractivity contribution in [2.75, 3.05) is 0 Å². The van der Waals surface area contributed by atoms with Gasteiger partial charge in [0.15, 0.2) is 0 Å². The first-order chi connectivity index (χ1) is 8.06. The Balaban J connectivity index is 1.89. The van der Waals surface area contributed by atoms with Crippen molar-refractivity contribution in [1.82, 2.24) is 10.3 Å². The van der Waals surface area contributed by atoms with Crippen LogP contribution in [0.15, 0.2) is 18.5 Å². The van der Waals surface area contributed by atoms with Crippen LogP contribution >= 0.6 is 0 Å². The van der Waals surface area contributed by atoms with Crippen molar-refractivity contribution in [3.63, 3.8) is 0 Å². The molecule has 0 spiro atoms. The number of hydrogen-bond donors (Lipinski definition) is 2. The number of nitrogens with zero attached hydrogens (tertiary/aromatic N) is 1. The average molecular weight is 238 g/mol. The molecule has 1 aliphatic carbocycles. The summed E-state index contributed by atoms with van der Waals surface area (Å²) in [6.45, 7) is 0. The fraction of sp³-hybridized carbons (Fsp3) is 0.364. The quantitative estimate of drug-likeness (QED) is 0.816. The third-order valence-electron chi connectivity index (χ3n) is 2.79. The SMILES string of the molecule is O=C(NC1CC(C(=O)O)C1)c1cncc(F)c1. The summed E-state index contributed by atoms with van der Waals surface area (Å²) in [5.41, 5.74) is 0.142. The highest BCUT2D eigenvalue weighted by Gasteiger charge is 2.35. The topological polar surface area (TPSA) is 79.3 Å². The predicted molar refractivity (Wildman–Crippen MR) is 55.8 cm³/mol. The van der Waals surface area contributed by atoms with E-state index >= 15 is 0 Å². The molecular weight excluding hydrogens is 227 g/mol. The molecule has 0 aromatic carbocycles. The lowest BCUT2D eigenvalue weighted by atomic mass is 9.80. The Labute approximate surface area is 96.7 Å². The smallest absolute Gasteiger partial charge is 0.306 e. The minimum atomic E-state index is -0.845. The second-order valence-electron chi connectivity index (χ2n) is 4.07. The van der Waals surface area contributed by atoms with Gasteiger partial charge in [0.1, 0.15) is 5.82 Å². The average Bonchev–Trinajstić information content (AvgIpc) is 2.21. The first kappa shape index (κ1) is 11.5. The maximum absolute atomic E-state index is 12.8. The molecule has 2 rings (SSSR count). The van der Waals surface area contributed by atoms with E-state index in [-0.39, 0.29) is 17.5 Å². The number of hydrogen-bond acceptors (Lipinski definition) is 3. The van der Waals surface area contributed by atoms with E-state index in [0.29, 0.717) is 12.8 Å². The molecule has 0 saturated heterocycles. The summed E-state index contributed by atoms with van der Waals surface area (Å²) < 4.78 is 12.8. The van der Waals surface area contributed by atoms with E-state index < -0.39 is 17.7 Å². The van der Waals surface area contributed by atoms with Crippen molar-refractivity contribution in [3.8, 4) is 0 Å². The summed E-state index contributed by atoms with van der Waals surface area (Å²) in [4.78, 5) is 25.7. The third-order valence-corrected chi connectivity index (χ3v) is 2.79. The van der Waals surface area contributed by atoms with Crippen LogP contribution in [0.25, 0.3) is 0 Å². The lowest BCUT2D eigenvalue weighted by Gasteiger charge is -2.32. The van der Waals surface area contributed by atoms with Crippen molar-refractivity contribution in [2.24, 2.45) is 5.92 Å². The van der Waals surface area contributed by atoms with Gasteiger partial charge in [-0.05, 0) is 18.9 Å². The van der Waals surface area contributed by atoms with Crippen molar-refractivity contribution < 1.29 is 19.1 Å². The molecule has 1 aliphatic rings. The molecule has 0 atom stereocenters. The van der Waals surface area contributed by atoms with E-state index in [1.165, 1.54) is 6.20 Å². The molecule has 0 unspecified atom stereocenters. The maximum Gasteiger partial charge on any atom is 0.306 e. The summed E-state index contributed by atoms with van der Waals surface area (Å²) in [5.74, 6) is -2.23. The van der Waals surface area contributed by atoms with Crippen molar-refractivity contribution in [3.05, 3.63) is 29.8 Å². The normalized spacial score (nSPS) is 22.6. The molecule has 0 aliphatic heterocycles. The highest BCUT2D eigenvalue weighted by Crippen LogP contribution is 2.27. The maximum atomic E-state index is 12.8. The fourth-order valence-electron chi connectivity index (χ4n) is 1.74. The largest absolute Gasteiger partial charge is 0.481 e. The molecule has 0 bridgehead atoms. The molecular formula is C11H11FN2O3. The highest BCUT2D eigenvalue weighted by atomic mass is 19.1. The number of rotatable bonds is 3. The Morgan fingerprint density at radius 3 is 2.71 bits per heavy atom. The number of aromatic nitrogens is 1. The summed E-state index contributed by atoms with van der Waals surface area (Å²) in [6.07, 6.45) is 3.12. The molecule has 1 saturated carbocycles. The number of carboxylic acids is 1. The zero-order valence-electron chi connectivity index (χ0n) is 8.89. The van der Waals surface area contributed by atoms with Crippen molar-refractivity contribution in [2.45, 2.75) is 18.9 Å². The molecule has 6 heteroatoms. The summed E-state index contributed by atoms with van der Waals surface area (Å²) in [6, 6.07) is 0.947. The Morgan fingerprint density at radius 1 is 1.41 bits per heavy atom. The fourth-order valence-corrected chi connectivity index (χ4v) is 1.74. The van der Waals surface area contributed by atoms with E-state index in [1.54, 1.807) is 0 Å². The lowest BCUT2D eigenvalue weighted by Crippen LogP contribution is -2.46. The molecule has 90 valence electrons. The van der Waals surface area contributed by atoms with Crippen LogP contribution in [0.4, 0.5) is 4.39 Å². The molecule has 0 radical (unpaired) electrons. The number of halogens is 1. The first-order valence-electron chi connectivity index (χ1n) is 5.20. The Morgan fingerprint density at radius 2 is 2.12 bits per heavy atom. The molecule has 1 heterocycles. The van der Waals surface area contributed by atoms with E-state index in [2.05, 4.69) is 10.3 Å². The second-order valence-corrected chi connectivity index (χ2v) is 4.07. The standard InChI is InChI=1S/C11H11FN2O3/c12-8-1-7(4-13-5-8)10(15)14-9-2-6(3-9)11(16)17/h1,4-6,9H,2-3H2,(H,14,15)(H,16,17). The van der Waals surface area contributed by atoms with Gasteiger partial charge >= 0.3 is 5.97 Å². The number of nitrogens with one attached hydrogen (secondary N) is 1. The van der Waals surface area contributed by atoms with Gasteiger partial charge < -0.3 is 10.4 Å². The number of carbonyl (C=O) groups excluding carboxylic acids is 1. The van der Waals surface area contributed by atoms with Gasteiger partial charge in [0.25, 0.3) is 5.91 Å². The minimum Gasteiger partial charge on any atom is -0.481 e. The lowest BCUT2D eigenvalue weighted by molar-refractivity contribution is -0.145. The molecule has 17 heavy (non-hydrogen) atoms. The molecule has 1 aromatic rings. The van der Waals surface area contributed by atoms with Crippen molar-refractivity contribution in [1.29, 1.82) is 0 Å². The Kier molecular flexibility index (Phi) is 3.03. The first-order valence-corrected chi connectivity index (χ1v) is 5.20. The van der Waals surface area contributed by atoms with E-state index in [4.69, 9.17) is 5.11 Å². The van der Waals surface area contributed by atoms with Gasteiger partial charge in [0, 0.05) is 12.2 Å². The molecule has 2 N–H and O–H groups in total. The zero-order chi connectivity index (χ0) is 12.4. The van der Waals surface area contributed by atoms with Crippen LogP contribution in [0.2, 0.25) is 0 Å². The van der Waals surface area contributed by atoms with Crippen LogP contribution in [-0.4, -0.2) is 28.0 Å². The van der Waals surface area contributed by atoms with Crippen molar-refractivity contribution >= 4 is 11.9 Å². The van der Waals surface area contributed by atoms with Gasteiger partial charge in [-0.3, -0.25) is 14.6 Å². The molecule has 1 fully saturated rings. The summed E-state index contributed by atoms with van der Waals surface area (Å²) in [5, 5.41) is 11.3. The minimum absolute atomic E-state index is 0.142. The van der Waals surface area contributed by atoms with Gasteiger partial charge in [-0.2, -0.15) is 0 Å². The Bertz CT molecular complexity index is 458. The summed E-state index contributed by atoms with van der Waals surface area (Å²) in [7, 11) is 0. The van der Waals surface area contributed by atoms with Crippen LogP contribution < -0.4 is 5.32 Å². The van der Waals surface area contributed by atoms with Crippen LogP contribution in [0.3, 0.4) is 0 Å². The van der Waals surface area contributed by atoms with Gasteiger partial charge in [0.2, 0.25) is 0 Å². The van der Waals surface area contributed by atoms with Crippen LogP contribution in [-0.2, 0) is 4.79 Å². The van der Waals surface area contributed by atoms with Crippen LogP contribution in [0.5, 0.6) is 0 Å². The number of pyridine rings is 1. The van der Waals surface area contributed by atoms with Crippen LogP contribution in [0.1, 0.15) is 23.2 Å². The third kappa shape index (κ3) is 2.58. The second kappa shape index (κ2) is 4.48. The van der Waals surface area contributed by atoms with E-state index in [1.807, 2.05) is 0 Å². The molecule has 1 aromatic heterocycles. The predicted octanol–water partition coefficient (Wildman–Crippen LogP) is 0.814. The van der Waals surface area contributed by atoms with Gasteiger partial charge in [-0.15, -0.1) is 0 Å². The zero-order valence-corrected chi connectivity index (χ0v) is 8.89. The van der Waals surface area contributed by atoms with E-state index in [9.17, 15) is 14.0 Å². The monoisotopic (exact) mass is 238 g/mol. The molecule has 5 nitrogen and oxygen atoms in total. The van der Waals surface area contributed by atoms with Gasteiger partial charge in [-0.25, -0.2) is 4.39 Å². The number of carboxylic acid groups (broad SMARTS) is 1. The Hall–Kier alpha value is -1.98. The van der Waals surface area contributed by atoms with E-state index in [0.717, 1.165) is 12.3 Å². The highest BCUT2D eigenvalue weighted by molar-refractivity contribution is 5.94.